The third-order valence-corrected chi connectivity index (χ3v) is 4.12. The van der Waals surface area contributed by atoms with Crippen molar-refractivity contribution in [3.05, 3.63) is 53.3 Å². The number of likely N-dealkylation sites (N-methyl/N-ethyl adjacent to an activating group) is 1. The lowest BCUT2D eigenvalue weighted by Gasteiger charge is -2.16. The Morgan fingerprint density at radius 1 is 1.19 bits per heavy atom. The lowest BCUT2D eigenvalue weighted by Crippen LogP contribution is -2.28. The van der Waals surface area contributed by atoms with Gasteiger partial charge in [-0.2, -0.15) is 0 Å². The van der Waals surface area contributed by atoms with Crippen LogP contribution < -0.4 is 5.73 Å². The number of nitrogens with zero attached hydrogens (tertiary/aromatic N) is 5. The molecular formula is C18H20N6O2. The minimum absolute atomic E-state index is 0.0635. The second kappa shape index (κ2) is 7.30. The lowest BCUT2D eigenvalue weighted by atomic mass is 10.1. The molecule has 0 atom stereocenters. The smallest absolute Gasteiger partial charge is 0.227 e. The molecule has 0 spiro atoms. The molecule has 8 heteroatoms. The second-order valence-electron chi connectivity index (χ2n) is 6.07. The number of aromatic nitrogens is 4. The molecule has 134 valence electrons. The normalized spacial score (nSPS) is 10.7. The van der Waals surface area contributed by atoms with Crippen molar-refractivity contribution in [2.24, 2.45) is 0 Å². The van der Waals surface area contributed by atoms with Crippen LogP contribution in [0.2, 0.25) is 0 Å². The number of amides is 1. The van der Waals surface area contributed by atoms with Gasteiger partial charge >= 0.3 is 0 Å². The number of hydrogen-bond acceptors (Lipinski definition) is 7. The summed E-state index contributed by atoms with van der Waals surface area (Å²) in [6.45, 7) is 3.97. The van der Waals surface area contributed by atoms with Gasteiger partial charge in [-0.05, 0) is 26.0 Å². The number of rotatable bonds is 5. The van der Waals surface area contributed by atoms with Gasteiger partial charge in [0.05, 0.1) is 13.0 Å². The number of carbonyl (C=O) groups excluding carboxylic acids is 1. The maximum Gasteiger partial charge on any atom is 0.227 e. The van der Waals surface area contributed by atoms with E-state index in [0.29, 0.717) is 18.0 Å². The summed E-state index contributed by atoms with van der Waals surface area (Å²) in [6, 6.07) is 5.52. The van der Waals surface area contributed by atoms with E-state index in [1.54, 1.807) is 24.3 Å². The number of anilines is 1. The summed E-state index contributed by atoms with van der Waals surface area (Å²) in [7, 11) is 1.72. The molecule has 3 aromatic rings. The number of pyridine rings is 1. The molecule has 3 heterocycles. The van der Waals surface area contributed by atoms with Gasteiger partial charge in [0.2, 0.25) is 11.9 Å². The number of hydrogen-bond donors (Lipinski definition) is 1. The average Bonchev–Trinajstić information content (AvgIpc) is 3.07. The molecule has 0 radical (unpaired) electrons. The molecule has 0 aromatic carbocycles. The Hall–Kier alpha value is -3.29. The maximum atomic E-state index is 12.6. The highest BCUT2D eigenvalue weighted by atomic mass is 16.5. The van der Waals surface area contributed by atoms with E-state index in [4.69, 9.17) is 10.3 Å². The number of nitrogen functional groups attached to an aromatic ring is 1. The van der Waals surface area contributed by atoms with E-state index >= 15 is 0 Å². The molecule has 1 amide bonds. The van der Waals surface area contributed by atoms with E-state index < -0.39 is 0 Å². The minimum Gasteiger partial charge on any atom is -0.368 e. The second-order valence-corrected chi connectivity index (χ2v) is 6.07. The van der Waals surface area contributed by atoms with Crippen molar-refractivity contribution in [1.82, 2.24) is 25.0 Å². The van der Waals surface area contributed by atoms with Gasteiger partial charge in [-0.25, -0.2) is 9.97 Å². The molecule has 0 aliphatic heterocycles. The van der Waals surface area contributed by atoms with E-state index in [1.807, 2.05) is 32.0 Å². The van der Waals surface area contributed by atoms with E-state index in [-0.39, 0.29) is 18.3 Å². The van der Waals surface area contributed by atoms with Crippen LogP contribution in [0.15, 0.2) is 35.1 Å². The first-order valence-electron chi connectivity index (χ1n) is 8.13. The lowest BCUT2D eigenvalue weighted by molar-refractivity contribution is -0.130. The molecule has 3 aromatic heterocycles. The molecule has 0 aliphatic carbocycles. The third kappa shape index (κ3) is 3.85. The molecule has 0 aliphatic rings. The summed E-state index contributed by atoms with van der Waals surface area (Å²) in [6.07, 6.45) is 3.59. The summed E-state index contributed by atoms with van der Waals surface area (Å²) in [5.74, 6) is 0.760. The summed E-state index contributed by atoms with van der Waals surface area (Å²) >= 11 is 0. The van der Waals surface area contributed by atoms with Gasteiger partial charge in [0.25, 0.3) is 0 Å². The Morgan fingerprint density at radius 3 is 2.50 bits per heavy atom. The fourth-order valence-corrected chi connectivity index (χ4v) is 2.68. The van der Waals surface area contributed by atoms with Crippen LogP contribution >= 0.6 is 0 Å². The third-order valence-electron chi connectivity index (χ3n) is 4.12. The van der Waals surface area contributed by atoms with Crippen LogP contribution in [0.1, 0.15) is 22.7 Å². The first-order valence-corrected chi connectivity index (χ1v) is 8.13. The molecule has 0 saturated heterocycles. The van der Waals surface area contributed by atoms with Gasteiger partial charge in [0, 0.05) is 48.0 Å². The van der Waals surface area contributed by atoms with Crippen molar-refractivity contribution in [3.8, 4) is 11.3 Å². The quantitative estimate of drug-likeness (QED) is 0.746. The largest absolute Gasteiger partial charge is 0.368 e. The minimum atomic E-state index is -0.0635. The highest BCUT2D eigenvalue weighted by Crippen LogP contribution is 2.19. The highest BCUT2D eigenvalue weighted by molar-refractivity contribution is 5.79. The monoisotopic (exact) mass is 352 g/mol. The standard InChI is InChI=1S/C18H20N6O2/c1-11-15(12(2)22-18(19)21-11)9-17(25)24(3)10-14-8-16(23-26-14)13-4-6-20-7-5-13/h4-8H,9-10H2,1-3H3,(H2,19,21,22). The average molecular weight is 352 g/mol. The van der Waals surface area contributed by atoms with Crippen LogP contribution in [-0.2, 0) is 17.8 Å². The van der Waals surface area contributed by atoms with Crippen molar-refractivity contribution < 1.29 is 9.32 Å². The van der Waals surface area contributed by atoms with Crippen LogP contribution in [0.5, 0.6) is 0 Å². The number of aryl methyl sites for hydroxylation is 2. The van der Waals surface area contributed by atoms with Crippen LogP contribution in [0, 0.1) is 13.8 Å². The molecular weight excluding hydrogens is 332 g/mol. The Bertz CT molecular complexity index is 899. The van der Waals surface area contributed by atoms with Crippen molar-refractivity contribution in [2.45, 2.75) is 26.8 Å². The maximum absolute atomic E-state index is 12.6. The highest BCUT2D eigenvalue weighted by Gasteiger charge is 2.17. The van der Waals surface area contributed by atoms with Crippen molar-refractivity contribution >= 4 is 11.9 Å². The first-order chi connectivity index (χ1) is 12.4. The molecule has 3 rings (SSSR count). The van der Waals surface area contributed by atoms with Gasteiger partial charge < -0.3 is 15.2 Å². The molecule has 26 heavy (non-hydrogen) atoms. The van der Waals surface area contributed by atoms with Crippen LogP contribution in [0.4, 0.5) is 5.95 Å². The van der Waals surface area contributed by atoms with Gasteiger partial charge in [0.15, 0.2) is 5.76 Å². The topological polar surface area (TPSA) is 111 Å². The Kier molecular flexibility index (Phi) is 4.92. The number of nitrogens with two attached hydrogens (primary N) is 1. The van der Waals surface area contributed by atoms with E-state index in [0.717, 1.165) is 22.5 Å². The summed E-state index contributed by atoms with van der Waals surface area (Å²) in [5, 5.41) is 4.05. The Labute approximate surface area is 151 Å². The predicted molar refractivity (Wildman–Crippen MR) is 95.8 cm³/mol. The van der Waals surface area contributed by atoms with E-state index in [9.17, 15) is 4.79 Å². The van der Waals surface area contributed by atoms with Crippen molar-refractivity contribution in [1.29, 1.82) is 0 Å². The molecule has 0 saturated carbocycles. The van der Waals surface area contributed by atoms with Crippen LogP contribution in [0.3, 0.4) is 0 Å². The zero-order valence-electron chi connectivity index (χ0n) is 14.9. The Morgan fingerprint density at radius 2 is 1.85 bits per heavy atom. The molecule has 2 N–H and O–H groups in total. The summed E-state index contributed by atoms with van der Waals surface area (Å²) in [5.41, 5.74) is 9.49. The molecule has 0 fully saturated rings. The molecule has 8 nitrogen and oxygen atoms in total. The SMILES string of the molecule is Cc1nc(N)nc(C)c1CC(=O)N(C)Cc1cc(-c2ccncc2)no1. The zero-order chi connectivity index (χ0) is 18.7. The fraction of sp³-hybridized carbons (Fsp3) is 0.278. The Balaban J connectivity index is 1.68. The molecule has 0 bridgehead atoms. The number of carbonyl (C=O) groups is 1. The fourth-order valence-electron chi connectivity index (χ4n) is 2.68. The molecule has 0 unspecified atom stereocenters. The summed E-state index contributed by atoms with van der Waals surface area (Å²) in [4.78, 5) is 26.4. The summed E-state index contributed by atoms with van der Waals surface area (Å²) < 4.78 is 5.35. The first kappa shape index (κ1) is 17.5. The van der Waals surface area contributed by atoms with Crippen LogP contribution in [-0.4, -0.2) is 38.0 Å². The van der Waals surface area contributed by atoms with Gasteiger partial charge in [-0.3, -0.25) is 9.78 Å². The van der Waals surface area contributed by atoms with Crippen LogP contribution in [0.25, 0.3) is 11.3 Å². The van der Waals surface area contributed by atoms with Crippen molar-refractivity contribution in [2.75, 3.05) is 12.8 Å². The van der Waals surface area contributed by atoms with E-state index in [1.165, 1.54) is 0 Å². The van der Waals surface area contributed by atoms with Gasteiger partial charge in [-0.1, -0.05) is 5.16 Å². The van der Waals surface area contributed by atoms with Gasteiger partial charge in [0.1, 0.15) is 5.69 Å². The van der Waals surface area contributed by atoms with Gasteiger partial charge in [-0.15, -0.1) is 0 Å². The zero-order valence-corrected chi connectivity index (χ0v) is 14.9. The van der Waals surface area contributed by atoms with Crippen molar-refractivity contribution in [3.63, 3.8) is 0 Å². The predicted octanol–water partition coefficient (Wildman–Crippen LogP) is 1.93. The van der Waals surface area contributed by atoms with E-state index in [2.05, 4.69) is 20.1 Å².